The van der Waals surface area contributed by atoms with Crippen molar-refractivity contribution in [3.05, 3.63) is 57.6 Å². The van der Waals surface area contributed by atoms with Gasteiger partial charge in [0.15, 0.2) is 18.1 Å². The van der Waals surface area contributed by atoms with Crippen molar-refractivity contribution in [2.24, 2.45) is 0 Å². The molecule has 3 rings (SSSR count). The lowest BCUT2D eigenvalue weighted by Crippen LogP contribution is -2.32. The Labute approximate surface area is 196 Å². The van der Waals surface area contributed by atoms with Crippen LogP contribution < -0.4 is 14.8 Å². The van der Waals surface area contributed by atoms with Crippen molar-refractivity contribution in [2.45, 2.75) is 12.8 Å². The average Bonchev–Trinajstić information content (AvgIpc) is 3.33. The molecule has 2 aromatic rings. The number of nitriles is 1. The van der Waals surface area contributed by atoms with E-state index >= 15 is 0 Å². The summed E-state index contributed by atoms with van der Waals surface area (Å²) in [5.41, 5.74) is 0.615. The lowest BCUT2D eigenvalue weighted by molar-refractivity contribution is -0.132. The van der Waals surface area contributed by atoms with E-state index in [1.165, 1.54) is 13.2 Å². The number of ether oxygens (including phenoxy) is 2. The molecule has 0 saturated carbocycles. The van der Waals surface area contributed by atoms with Gasteiger partial charge in [-0.3, -0.25) is 9.59 Å². The summed E-state index contributed by atoms with van der Waals surface area (Å²) < 4.78 is 11.0. The smallest absolute Gasteiger partial charge is 0.266 e. The molecule has 1 aliphatic heterocycles. The first kappa shape index (κ1) is 23.5. The first-order valence-corrected chi connectivity index (χ1v) is 10.6. The van der Waals surface area contributed by atoms with Crippen molar-refractivity contribution >= 4 is 46.8 Å². The van der Waals surface area contributed by atoms with E-state index in [0.29, 0.717) is 17.1 Å². The molecule has 0 spiro atoms. The zero-order valence-electron chi connectivity index (χ0n) is 17.4. The van der Waals surface area contributed by atoms with E-state index in [9.17, 15) is 14.9 Å². The number of carbonyl (C=O) groups is 2. The molecule has 1 aliphatic rings. The number of carbonyl (C=O) groups excluding carboxylic acids is 2. The van der Waals surface area contributed by atoms with Gasteiger partial charge in [0.1, 0.15) is 11.6 Å². The van der Waals surface area contributed by atoms with Crippen LogP contribution in [0.4, 0.5) is 5.69 Å². The molecule has 1 saturated heterocycles. The molecule has 0 bridgehead atoms. The topological polar surface area (TPSA) is 91.7 Å². The van der Waals surface area contributed by atoms with Gasteiger partial charge >= 0.3 is 0 Å². The number of anilines is 1. The highest BCUT2D eigenvalue weighted by Gasteiger charge is 2.19. The molecule has 0 radical (unpaired) electrons. The Morgan fingerprint density at radius 1 is 1.16 bits per heavy atom. The summed E-state index contributed by atoms with van der Waals surface area (Å²) >= 11 is 12.1. The lowest BCUT2D eigenvalue weighted by Gasteiger charge is -2.16. The van der Waals surface area contributed by atoms with Crippen LogP contribution in [0.3, 0.4) is 0 Å². The molecule has 32 heavy (non-hydrogen) atoms. The van der Waals surface area contributed by atoms with Crippen LogP contribution in [-0.4, -0.2) is 43.5 Å². The number of rotatable bonds is 7. The maximum Gasteiger partial charge on any atom is 0.266 e. The van der Waals surface area contributed by atoms with E-state index in [2.05, 4.69) is 5.32 Å². The van der Waals surface area contributed by atoms with Gasteiger partial charge in [-0.2, -0.15) is 5.26 Å². The van der Waals surface area contributed by atoms with E-state index in [4.69, 9.17) is 32.7 Å². The lowest BCUT2D eigenvalue weighted by atomic mass is 10.1. The molecular weight excluding hydrogens is 453 g/mol. The Hall–Kier alpha value is -3.21. The Balaban J connectivity index is 1.73. The van der Waals surface area contributed by atoms with E-state index in [0.717, 1.165) is 25.9 Å². The van der Waals surface area contributed by atoms with Gasteiger partial charge in [0.05, 0.1) is 22.8 Å². The van der Waals surface area contributed by atoms with Gasteiger partial charge in [-0.05, 0) is 48.7 Å². The quantitative estimate of drug-likeness (QED) is 0.470. The molecule has 9 heteroatoms. The number of nitrogens with zero attached hydrogens (tertiary/aromatic N) is 2. The van der Waals surface area contributed by atoms with Gasteiger partial charge in [0.2, 0.25) is 0 Å². The Morgan fingerprint density at radius 3 is 2.47 bits per heavy atom. The van der Waals surface area contributed by atoms with Gasteiger partial charge in [0, 0.05) is 13.1 Å². The molecule has 1 fully saturated rings. The highest BCUT2D eigenvalue weighted by Crippen LogP contribution is 2.31. The second-order valence-corrected chi connectivity index (χ2v) is 7.82. The molecular formula is C23H21Cl2N3O4. The van der Waals surface area contributed by atoms with Crippen LogP contribution in [0.15, 0.2) is 42.0 Å². The normalized spacial score (nSPS) is 13.4. The van der Waals surface area contributed by atoms with Gasteiger partial charge in [0.25, 0.3) is 11.8 Å². The van der Waals surface area contributed by atoms with Gasteiger partial charge in [-0.25, -0.2) is 0 Å². The predicted molar refractivity (Wildman–Crippen MR) is 123 cm³/mol. The molecule has 7 nitrogen and oxygen atoms in total. The molecule has 1 N–H and O–H groups in total. The second-order valence-electron chi connectivity index (χ2n) is 7.01. The molecule has 2 aromatic carbocycles. The van der Waals surface area contributed by atoms with Crippen LogP contribution in [0, 0.1) is 11.3 Å². The molecule has 2 amide bonds. The number of methoxy groups -OCH3 is 1. The number of likely N-dealkylation sites (tertiary alicyclic amines) is 1. The fraction of sp³-hybridized carbons (Fsp3) is 0.261. The van der Waals surface area contributed by atoms with Crippen molar-refractivity contribution in [3.8, 4) is 17.6 Å². The van der Waals surface area contributed by atoms with Crippen LogP contribution in [0.2, 0.25) is 10.0 Å². The number of hydrogen-bond acceptors (Lipinski definition) is 5. The second kappa shape index (κ2) is 10.9. The monoisotopic (exact) mass is 473 g/mol. The van der Waals surface area contributed by atoms with E-state index in [1.807, 2.05) is 6.07 Å². The minimum absolute atomic E-state index is 0.0739. The van der Waals surface area contributed by atoms with Crippen LogP contribution in [0.5, 0.6) is 11.5 Å². The van der Waals surface area contributed by atoms with Gasteiger partial charge in [-0.1, -0.05) is 35.3 Å². The standard InChI is InChI=1S/C23H21Cl2N3O4/c1-31-20-12-15(7-8-19(20)32-14-21(29)28-9-2-3-10-28)11-16(13-26)23(30)27-22-17(24)5-4-6-18(22)25/h4-8,11-12H,2-3,9-10,14H2,1H3,(H,27,30)/b16-11+. The fourth-order valence-corrected chi connectivity index (χ4v) is 3.70. The number of para-hydroxylation sites is 1. The molecule has 1 heterocycles. The fourth-order valence-electron chi connectivity index (χ4n) is 3.20. The number of nitrogens with one attached hydrogen (secondary N) is 1. The van der Waals surface area contributed by atoms with Crippen molar-refractivity contribution in [3.63, 3.8) is 0 Å². The summed E-state index contributed by atoms with van der Waals surface area (Å²) in [6.45, 7) is 1.42. The Kier molecular flexibility index (Phi) is 7.98. The van der Waals surface area contributed by atoms with Crippen LogP contribution in [-0.2, 0) is 9.59 Å². The number of benzene rings is 2. The molecule has 0 atom stereocenters. The molecule has 0 aliphatic carbocycles. The summed E-state index contributed by atoms with van der Waals surface area (Å²) in [5.74, 6) is 0.0380. The average molecular weight is 474 g/mol. The van der Waals surface area contributed by atoms with E-state index in [1.54, 1.807) is 41.3 Å². The number of halogens is 2. The van der Waals surface area contributed by atoms with Crippen molar-refractivity contribution < 1.29 is 19.1 Å². The van der Waals surface area contributed by atoms with Crippen LogP contribution in [0.25, 0.3) is 6.08 Å². The SMILES string of the molecule is COc1cc(/C=C(\C#N)C(=O)Nc2c(Cl)cccc2Cl)ccc1OCC(=O)N1CCCC1. The minimum Gasteiger partial charge on any atom is -0.493 e. The Bertz CT molecular complexity index is 1070. The third-order valence-corrected chi connectivity index (χ3v) is 5.50. The first-order chi connectivity index (χ1) is 15.4. The van der Waals surface area contributed by atoms with Gasteiger partial charge < -0.3 is 19.7 Å². The van der Waals surface area contributed by atoms with Crippen LogP contribution >= 0.6 is 23.2 Å². The molecule has 0 aromatic heterocycles. The third kappa shape index (κ3) is 5.72. The molecule has 166 valence electrons. The van der Waals surface area contributed by atoms with E-state index < -0.39 is 5.91 Å². The largest absolute Gasteiger partial charge is 0.493 e. The number of amides is 2. The first-order valence-electron chi connectivity index (χ1n) is 9.88. The maximum absolute atomic E-state index is 12.6. The minimum atomic E-state index is -0.655. The summed E-state index contributed by atoms with van der Waals surface area (Å²) in [7, 11) is 1.47. The molecule has 0 unspecified atom stereocenters. The predicted octanol–water partition coefficient (Wildman–Crippen LogP) is 4.55. The van der Waals surface area contributed by atoms with E-state index in [-0.39, 0.29) is 33.8 Å². The zero-order valence-corrected chi connectivity index (χ0v) is 18.9. The highest BCUT2D eigenvalue weighted by molar-refractivity contribution is 6.40. The third-order valence-electron chi connectivity index (χ3n) is 4.87. The van der Waals surface area contributed by atoms with Gasteiger partial charge in [-0.15, -0.1) is 0 Å². The van der Waals surface area contributed by atoms with Crippen molar-refractivity contribution in [1.82, 2.24) is 4.90 Å². The zero-order chi connectivity index (χ0) is 23.1. The summed E-state index contributed by atoms with van der Waals surface area (Å²) in [6.07, 6.45) is 3.42. The van der Waals surface area contributed by atoms with Crippen molar-refractivity contribution in [1.29, 1.82) is 5.26 Å². The van der Waals surface area contributed by atoms with Crippen molar-refractivity contribution in [2.75, 3.05) is 32.1 Å². The summed E-state index contributed by atoms with van der Waals surface area (Å²) in [6, 6.07) is 11.6. The number of hydrogen-bond donors (Lipinski definition) is 1. The highest BCUT2D eigenvalue weighted by atomic mass is 35.5. The maximum atomic E-state index is 12.6. The summed E-state index contributed by atoms with van der Waals surface area (Å²) in [4.78, 5) is 26.5. The summed E-state index contributed by atoms with van der Waals surface area (Å²) in [5, 5.41) is 12.5. The Morgan fingerprint density at radius 2 is 1.84 bits per heavy atom. The van der Waals surface area contributed by atoms with Crippen LogP contribution in [0.1, 0.15) is 18.4 Å².